The Hall–Kier alpha value is -1.59. The van der Waals surface area contributed by atoms with E-state index < -0.39 is 5.97 Å². The molecule has 74 valence electrons. The Morgan fingerprint density at radius 2 is 2.08 bits per heavy atom. The van der Waals surface area contributed by atoms with Crippen LogP contribution in [0.3, 0.4) is 0 Å². The zero-order valence-corrected chi connectivity index (χ0v) is 7.88. The molecule has 0 rings (SSSR count). The monoisotopic (exact) mass is 187 g/mol. The summed E-state index contributed by atoms with van der Waals surface area (Å²) in [6.45, 7) is 1.23. The summed E-state index contributed by atoms with van der Waals surface area (Å²) in [7, 11) is 2.77. The number of carbonyl (C=O) groups is 2. The maximum Gasteiger partial charge on any atom is 0.325 e. The van der Waals surface area contributed by atoms with E-state index in [9.17, 15) is 9.59 Å². The third kappa shape index (κ3) is 4.78. The van der Waals surface area contributed by atoms with E-state index in [0.717, 1.165) is 0 Å². The number of hydrogen-bond acceptors (Lipinski definition) is 4. The maximum atomic E-state index is 10.7. The molecule has 0 fully saturated rings. The number of carbonyl (C=O) groups excluding carboxylic acids is 2. The summed E-state index contributed by atoms with van der Waals surface area (Å²) < 4.78 is 4.39. The SMILES string of the molecule is COC(=O)CN(C)C(=N)NC(C)=O. The second-order valence-corrected chi connectivity index (χ2v) is 2.46. The van der Waals surface area contributed by atoms with Crippen molar-refractivity contribution in [1.82, 2.24) is 10.2 Å². The molecule has 0 atom stereocenters. The highest BCUT2D eigenvalue weighted by Crippen LogP contribution is 1.84. The first-order valence-corrected chi connectivity index (χ1v) is 3.61. The Morgan fingerprint density at radius 1 is 1.54 bits per heavy atom. The van der Waals surface area contributed by atoms with E-state index in [1.54, 1.807) is 0 Å². The molecule has 0 bridgehead atoms. The van der Waals surface area contributed by atoms with E-state index in [1.807, 2.05) is 0 Å². The molecule has 0 saturated carbocycles. The van der Waals surface area contributed by atoms with Gasteiger partial charge in [-0.25, -0.2) is 0 Å². The second kappa shape index (κ2) is 5.13. The van der Waals surface area contributed by atoms with Gasteiger partial charge in [0.1, 0.15) is 6.54 Å². The molecule has 6 heteroatoms. The van der Waals surface area contributed by atoms with Crippen LogP contribution in [0, 0.1) is 5.41 Å². The van der Waals surface area contributed by atoms with Crippen LogP contribution >= 0.6 is 0 Å². The molecule has 0 spiro atoms. The fourth-order valence-electron chi connectivity index (χ4n) is 0.599. The number of nitrogens with one attached hydrogen (secondary N) is 2. The topological polar surface area (TPSA) is 82.5 Å². The van der Waals surface area contributed by atoms with Crippen molar-refractivity contribution in [2.24, 2.45) is 0 Å². The summed E-state index contributed by atoms with van der Waals surface area (Å²) in [5, 5.41) is 9.51. The number of ether oxygens (including phenoxy) is 1. The van der Waals surface area contributed by atoms with Crippen molar-refractivity contribution < 1.29 is 14.3 Å². The third-order valence-electron chi connectivity index (χ3n) is 1.27. The van der Waals surface area contributed by atoms with Gasteiger partial charge in [0.15, 0.2) is 5.96 Å². The average Bonchev–Trinajstić information content (AvgIpc) is 2.02. The summed E-state index contributed by atoms with van der Waals surface area (Å²) in [6, 6.07) is 0. The first-order chi connectivity index (χ1) is 5.97. The van der Waals surface area contributed by atoms with Gasteiger partial charge in [-0.3, -0.25) is 20.3 Å². The molecule has 2 N–H and O–H groups in total. The number of guanidine groups is 1. The summed E-state index contributed by atoms with van der Waals surface area (Å²) in [6.07, 6.45) is 0. The third-order valence-corrected chi connectivity index (χ3v) is 1.27. The van der Waals surface area contributed by atoms with Crippen molar-refractivity contribution in [2.75, 3.05) is 20.7 Å². The van der Waals surface area contributed by atoms with E-state index in [-0.39, 0.29) is 18.4 Å². The van der Waals surface area contributed by atoms with Gasteiger partial charge in [0, 0.05) is 14.0 Å². The van der Waals surface area contributed by atoms with E-state index in [4.69, 9.17) is 5.41 Å². The number of nitrogens with zero attached hydrogens (tertiary/aromatic N) is 1. The van der Waals surface area contributed by atoms with Crippen LogP contribution in [0.25, 0.3) is 0 Å². The number of esters is 1. The molecule has 6 nitrogen and oxygen atoms in total. The Balaban J connectivity index is 3.96. The van der Waals surface area contributed by atoms with Crippen LogP contribution in [0.15, 0.2) is 0 Å². The number of amides is 1. The highest BCUT2D eigenvalue weighted by molar-refractivity contribution is 5.95. The van der Waals surface area contributed by atoms with Crippen LogP contribution in [0.2, 0.25) is 0 Å². The van der Waals surface area contributed by atoms with Crippen LogP contribution in [0.4, 0.5) is 0 Å². The van der Waals surface area contributed by atoms with Crippen molar-refractivity contribution in [3.05, 3.63) is 0 Å². The molecule has 0 aromatic carbocycles. The van der Waals surface area contributed by atoms with Crippen LogP contribution in [0.5, 0.6) is 0 Å². The number of hydrogen-bond donors (Lipinski definition) is 2. The lowest BCUT2D eigenvalue weighted by Gasteiger charge is -2.17. The maximum absolute atomic E-state index is 10.7. The molecule has 0 heterocycles. The summed E-state index contributed by atoms with van der Waals surface area (Å²) in [5.41, 5.74) is 0. The number of likely N-dealkylation sites (N-methyl/N-ethyl adjacent to an activating group) is 1. The molecule has 0 aliphatic rings. The van der Waals surface area contributed by atoms with Gasteiger partial charge in [-0.15, -0.1) is 0 Å². The highest BCUT2D eigenvalue weighted by Gasteiger charge is 2.10. The highest BCUT2D eigenvalue weighted by atomic mass is 16.5. The number of rotatable bonds is 2. The Morgan fingerprint density at radius 3 is 2.46 bits per heavy atom. The molecule has 0 aliphatic carbocycles. The van der Waals surface area contributed by atoms with E-state index in [2.05, 4.69) is 10.1 Å². The normalized spacial score (nSPS) is 8.85. The van der Waals surface area contributed by atoms with Crippen LogP contribution in [-0.4, -0.2) is 43.4 Å². The molecular weight excluding hydrogens is 174 g/mol. The molecule has 0 aliphatic heterocycles. The fourth-order valence-corrected chi connectivity index (χ4v) is 0.599. The molecule has 0 saturated heterocycles. The molecular formula is C7H13N3O3. The van der Waals surface area contributed by atoms with Crippen LogP contribution in [-0.2, 0) is 14.3 Å². The largest absolute Gasteiger partial charge is 0.468 e. The minimum Gasteiger partial charge on any atom is -0.468 e. The van der Waals surface area contributed by atoms with Gasteiger partial charge in [-0.05, 0) is 0 Å². The zero-order chi connectivity index (χ0) is 10.4. The summed E-state index contributed by atoms with van der Waals surface area (Å²) in [5.74, 6) is -0.933. The number of methoxy groups -OCH3 is 1. The minimum atomic E-state index is -0.461. The second-order valence-electron chi connectivity index (χ2n) is 2.46. The summed E-state index contributed by atoms with van der Waals surface area (Å²) in [4.78, 5) is 22.5. The predicted molar refractivity (Wildman–Crippen MR) is 46.2 cm³/mol. The lowest BCUT2D eigenvalue weighted by Crippen LogP contribution is -2.42. The summed E-state index contributed by atoms with van der Waals surface area (Å²) >= 11 is 0. The lowest BCUT2D eigenvalue weighted by molar-refractivity contribution is -0.140. The average molecular weight is 187 g/mol. The molecule has 0 aromatic heterocycles. The van der Waals surface area contributed by atoms with Gasteiger partial charge >= 0.3 is 5.97 Å². The smallest absolute Gasteiger partial charge is 0.325 e. The van der Waals surface area contributed by atoms with Gasteiger partial charge in [-0.2, -0.15) is 0 Å². The minimum absolute atomic E-state index is 0.0599. The van der Waals surface area contributed by atoms with Crippen LogP contribution in [0.1, 0.15) is 6.92 Å². The Bertz CT molecular complexity index is 227. The van der Waals surface area contributed by atoms with Crippen LogP contribution < -0.4 is 5.32 Å². The Labute approximate surface area is 76.4 Å². The van der Waals surface area contributed by atoms with Gasteiger partial charge in [0.25, 0.3) is 0 Å². The molecule has 13 heavy (non-hydrogen) atoms. The fraction of sp³-hybridized carbons (Fsp3) is 0.571. The molecule has 0 aromatic rings. The zero-order valence-electron chi connectivity index (χ0n) is 7.88. The van der Waals surface area contributed by atoms with Gasteiger partial charge in [0.05, 0.1) is 7.11 Å². The van der Waals surface area contributed by atoms with E-state index in [0.29, 0.717) is 0 Å². The van der Waals surface area contributed by atoms with E-state index in [1.165, 1.54) is 26.0 Å². The van der Waals surface area contributed by atoms with Gasteiger partial charge in [-0.1, -0.05) is 0 Å². The standard InChI is InChI=1S/C7H13N3O3/c1-5(11)9-7(8)10(2)4-6(12)13-3/h4H2,1-3H3,(H2,8,9,11). The van der Waals surface area contributed by atoms with Crippen molar-refractivity contribution in [3.8, 4) is 0 Å². The first kappa shape index (κ1) is 11.4. The predicted octanol–water partition coefficient (Wildman–Crippen LogP) is -0.838. The van der Waals surface area contributed by atoms with Crippen molar-refractivity contribution >= 4 is 17.8 Å². The van der Waals surface area contributed by atoms with Crippen molar-refractivity contribution in [1.29, 1.82) is 5.41 Å². The van der Waals surface area contributed by atoms with E-state index >= 15 is 0 Å². The molecule has 0 radical (unpaired) electrons. The Kier molecular flexibility index (Phi) is 4.50. The van der Waals surface area contributed by atoms with Gasteiger partial charge < -0.3 is 9.64 Å². The molecule has 0 unspecified atom stereocenters. The quantitative estimate of drug-likeness (QED) is 0.335. The van der Waals surface area contributed by atoms with Gasteiger partial charge in [0.2, 0.25) is 5.91 Å². The van der Waals surface area contributed by atoms with Crippen molar-refractivity contribution in [2.45, 2.75) is 6.92 Å². The molecule has 1 amide bonds. The lowest BCUT2D eigenvalue weighted by atomic mass is 10.5. The van der Waals surface area contributed by atoms with Crippen molar-refractivity contribution in [3.63, 3.8) is 0 Å². The first-order valence-electron chi connectivity index (χ1n) is 3.61.